The summed E-state index contributed by atoms with van der Waals surface area (Å²) in [5.74, 6) is 0.876. The molecule has 0 fully saturated rings. The van der Waals surface area contributed by atoms with Gasteiger partial charge in [0.25, 0.3) is 0 Å². The molecular weight excluding hydrogens is 278 g/mol. The average Bonchev–Trinajstić information content (AvgIpc) is 2.53. The molecule has 126 valence electrons. The third-order valence-electron chi connectivity index (χ3n) is 3.36. The van der Waals surface area contributed by atoms with Gasteiger partial charge in [-0.3, -0.25) is 0 Å². The Kier molecular flexibility index (Phi) is 10.5. The fourth-order valence-corrected chi connectivity index (χ4v) is 2.01. The van der Waals surface area contributed by atoms with E-state index in [0.717, 1.165) is 18.8 Å². The number of benzene rings is 1. The molecule has 0 aliphatic carbocycles. The molecule has 4 heteroatoms. The number of unbranched alkanes of at least 4 members (excludes halogenated alkanes) is 3. The van der Waals surface area contributed by atoms with E-state index in [4.69, 9.17) is 14.2 Å². The highest BCUT2D eigenvalue weighted by atomic mass is 16.5. The summed E-state index contributed by atoms with van der Waals surface area (Å²) in [6, 6.07) is 8.05. The molecule has 22 heavy (non-hydrogen) atoms. The van der Waals surface area contributed by atoms with Gasteiger partial charge in [-0.1, -0.05) is 26.2 Å². The first kappa shape index (κ1) is 18.8. The van der Waals surface area contributed by atoms with Crippen LogP contribution in [0.3, 0.4) is 0 Å². The highest BCUT2D eigenvalue weighted by Crippen LogP contribution is 2.17. The lowest BCUT2D eigenvalue weighted by atomic mass is 10.2. The minimum Gasteiger partial charge on any atom is -0.491 e. The van der Waals surface area contributed by atoms with Crippen LogP contribution in [0.4, 0.5) is 5.69 Å². The molecule has 0 heterocycles. The van der Waals surface area contributed by atoms with Crippen LogP contribution in [0.1, 0.15) is 32.6 Å². The van der Waals surface area contributed by atoms with Gasteiger partial charge in [0.1, 0.15) is 12.4 Å². The number of ether oxygens (including phenoxy) is 3. The maximum absolute atomic E-state index is 5.63. The second-order valence-electron chi connectivity index (χ2n) is 5.52. The van der Waals surface area contributed by atoms with E-state index in [-0.39, 0.29) is 0 Å². The molecule has 0 aromatic heterocycles. The first-order valence-corrected chi connectivity index (χ1v) is 8.29. The van der Waals surface area contributed by atoms with Crippen LogP contribution in [0.5, 0.6) is 5.75 Å². The Hall–Kier alpha value is -1.26. The topological polar surface area (TPSA) is 30.9 Å². The summed E-state index contributed by atoms with van der Waals surface area (Å²) in [5, 5.41) is 0. The maximum Gasteiger partial charge on any atom is 0.119 e. The van der Waals surface area contributed by atoms with Crippen LogP contribution in [0.25, 0.3) is 0 Å². The van der Waals surface area contributed by atoms with Crippen molar-refractivity contribution in [1.29, 1.82) is 0 Å². The van der Waals surface area contributed by atoms with Gasteiger partial charge in [0.05, 0.1) is 19.8 Å². The number of anilines is 1. The van der Waals surface area contributed by atoms with Gasteiger partial charge in [-0.15, -0.1) is 0 Å². The average molecular weight is 309 g/mol. The van der Waals surface area contributed by atoms with Crippen LogP contribution in [0, 0.1) is 0 Å². The lowest BCUT2D eigenvalue weighted by molar-refractivity contribution is 0.0352. The second kappa shape index (κ2) is 12.3. The second-order valence-corrected chi connectivity index (χ2v) is 5.52. The molecule has 1 rings (SSSR count). The lowest BCUT2D eigenvalue weighted by Gasteiger charge is -2.13. The van der Waals surface area contributed by atoms with E-state index >= 15 is 0 Å². The molecule has 1 aromatic rings. The zero-order valence-corrected chi connectivity index (χ0v) is 14.3. The van der Waals surface area contributed by atoms with E-state index in [9.17, 15) is 0 Å². The summed E-state index contributed by atoms with van der Waals surface area (Å²) in [5.41, 5.74) is 1.17. The van der Waals surface area contributed by atoms with Gasteiger partial charge in [0, 0.05) is 26.4 Å². The Morgan fingerprint density at radius 2 is 1.41 bits per heavy atom. The molecule has 0 aliphatic heterocycles. The van der Waals surface area contributed by atoms with Crippen LogP contribution in [-0.2, 0) is 9.47 Å². The number of hydrogen-bond acceptors (Lipinski definition) is 4. The smallest absolute Gasteiger partial charge is 0.119 e. The molecular formula is C18H31NO3. The van der Waals surface area contributed by atoms with Crippen molar-refractivity contribution in [3.05, 3.63) is 24.3 Å². The van der Waals surface area contributed by atoms with Crippen LogP contribution < -0.4 is 9.64 Å². The SMILES string of the molecule is CCCCCCOCCOCCOc1ccc(N(C)C)cc1. The number of hydrogen-bond donors (Lipinski definition) is 0. The summed E-state index contributed by atoms with van der Waals surface area (Å²) >= 11 is 0. The molecule has 0 saturated heterocycles. The minimum atomic E-state index is 0.567. The summed E-state index contributed by atoms with van der Waals surface area (Å²) in [6.45, 7) is 5.53. The molecule has 0 bridgehead atoms. The molecule has 0 unspecified atom stereocenters. The first-order chi connectivity index (χ1) is 10.7. The number of nitrogens with zero attached hydrogens (tertiary/aromatic N) is 1. The molecule has 0 aliphatic rings. The van der Waals surface area contributed by atoms with Gasteiger partial charge in [0.15, 0.2) is 0 Å². The Morgan fingerprint density at radius 1 is 0.773 bits per heavy atom. The predicted octanol–water partition coefficient (Wildman–Crippen LogP) is 3.74. The predicted molar refractivity (Wildman–Crippen MR) is 92.0 cm³/mol. The summed E-state index contributed by atoms with van der Waals surface area (Å²) in [7, 11) is 4.05. The highest BCUT2D eigenvalue weighted by molar-refractivity contribution is 5.47. The summed E-state index contributed by atoms with van der Waals surface area (Å²) in [4.78, 5) is 2.06. The van der Waals surface area contributed by atoms with E-state index in [1.807, 2.05) is 38.4 Å². The quantitative estimate of drug-likeness (QED) is 0.519. The largest absolute Gasteiger partial charge is 0.491 e. The van der Waals surface area contributed by atoms with E-state index in [2.05, 4.69) is 11.8 Å². The van der Waals surface area contributed by atoms with E-state index in [0.29, 0.717) is 26.4 Å². The van der Waals surface area contributed by atoms with Crippen molar-refractivity contribution in [1.82, 2.24) is 0 Å². The van der Waals surface area contributed by atoms with E-state index in [1.165, 1.54) is 24.9 Å². The zero-order chi connectivity index (χ0) is 16.0. The Balaban J connectivity index is 1.93. The molecule has 0 saturated carbocycles. The summed E-state index contributed by atoms with van der Waals surface area (Å²) in [6.07, 6.45) is 4.98. The van der Waals surface area contributed by atoms with Crippen molar-refractivity contribution in [3.8, 4) is 5.75 Å². The van der Waals surface area contributed by atoms with Gasteiger partial charge in [-0.05, 0) is 30.7 Å². The zero-order valence-electron chi connectivity index (χ0n) is 14.3. The third-order valence-corrected chi connectivity index (χ3v) is 3.36. The number of rotatable bonds is 13. The Morgan fingerprint density at radius 3 is 2.05 bits per heavy atom. The van der Waals surface area contributed by atoms with Crippen molar-refractivity contribution in [2.45, 2.75) is 32.6 Å². The van der Waals surface area contributed by atoms with Crippen LogP contribution >= 0.6 is 0 Å². The fraction of sp³-hybridized carbons (Fsp3) is 0.667. The molecule has 0 atom stereocenters. The van der Waals surface area contributed by atoms with Gasteiger partial charge >= 0.3 is 0 Å². The summed E-state index contributed by atoms with van der Waals surface area (Å²) < 4.78 is 16.6. The molecule has 0 radical (unpaired) electrons. The molecule has 0 amide bonds. The molecule has 0 spiro atoms. The van der Waals surface area contributed by atoms with Crippen molar-refractivity contribution in [2.75, 3.05) is 52.0 Å². The Bertz CT molecular complexity index is 365. The third kappa shape index (κ3) is 8.90. The lowest BCUT2D eigenvalue weighted by Crippen LogP contribution is -2.11. The molecule has 1 aromatic carbocycles. The van der Waals surface area contributed by atoms with Crippen molar-refractivity contribution < 1.29 is 14.2 Å². The fourth-order valence-electron chi connectivity index (χ4n) is 2.01. The normalized spacial score (nSPS) is 10.7. The van der Waals surface area contributed by atoms with E-state index in [1.54, 1.807) is 0 Å². The van der Waals surface area contributed by atoms with Gasteiger partial charge in [-0.2, -0.15) is 0 Å². The van der Waals surface area contributed by atoms with Crippen molar-refractivity contribution >= 4 is 5.69 Å². The monoisotopic (exact) mass is 309 g/mol. The first-order valence-electron chi connectivity index (χ1n) is 8.29. The maximum atomic E-state index is 5.63. The standard InChI is InChI=1S/C18H31NO3/c1-4-5-6-7-12-20-13-14-21-15-16-22-18-10-8-17(9-11-18)19(2)3/h8-11H,4-7,12-16H2,1-3H3. The van der Waals surface area contributed by atoms with Gasteiger partial charge in [0.2, 0.25) is 0 Å². The molecule has 0 N–H and O–H groups in total. The van der Waals surface area contributed by atoms with Gasteiger partial charge < -0.3 is 19.1 Å². The minimum absolute atomic E-state index is 0.567. The van der Waals surface area contributed by atoms with E-state index < -0.39 is 0 Å². The van der Waals surface area contributed by atoms with Crippen LogP contribution in [0.2, 0.25) is 0 Å². The Labute approximate surface area is 135 Å². The van der Waals surface area contributed by atoms with Crippen LogP contribution in [-0.4, -0.2) is 47.1 Å². The van der Waals surface area contributed by atoms with Crippen LogP contribution in [0.15, 0.2) is 24.3 Å². The van der Waals surface area contributed by atoms with Crippen molar-refractivity contribution in [2.24, 2.45) is 0 Å². The van der Waals surface area contributed by atoms with Gasteiger partial charge in [-0.25, -0.2) is 0 Å². The molecule has 4 nitrogen and oxygen atoms in total. The highest BCUT2D eigenvalue weighted by Gasteiger charge is 1.97. The van der Waals surface area contributed by atoms with Crippen molar-refractivity contribution in [3.63, 3.8) is 0 Å².